The number of sulfonamides is 1. The van der Waals surface area contributed by atoms with Crippen LogP contribution in [0.4, 0.5) is 13.2 Å². The minimum atomic E-state index is -4.59. The van der Waals surface area contributed by atoms with Gasteiger partial charge in [-0.15, -0.1) is 0 Å². The van der Waals surface area contributed by atoms with Crippen molar-refractivity contribution in [2.24, 2.45) is 7.05 Å². The Balaban J connectivity index is 2.44. The summed E-state index contributed by atoms with van der Waals surface area (Å²) in [5, 5.41) is 0. The summed E-state index contributed by atoms with van der Waals surface area (Å²) in [4.78, 5) is -0.361. The second-order valence-corrected chi connectivity index (χ2v) is 7.67. The van der Waals surface area contributed by atoms with Crippen molar-refractivity contribution in [2.45, 2.75) is 37.5 Å². The van der Waals surface area contributed by atoms with Gasteiger partial charge in [-0.3, -0.25) is 0 Å². The highest BCUT2D eigenvalue weighted by Gasteiger charge is 2.33. The Hall–Kier alpha value is -1.80. The number of hydrogen-bond acceptors (Lipinski definition) is 2. The van der Waals surface area contributed by atoms with E-state index in [-0.39, 0.29) is 11.4 Å². The van der Waals surface area contributed by atoms with Crippen LogP contribution in [-0.2, 0) is 29.8 Å². The summed E-state index contributed by atoms with van der Waals surface area (Å²) in [6.45, 7) is 3.46. The fraction of sp³-hybridized carbons (Fsp3) is 0.375. The highest BCUT2D eigenvalue weighted by atomic mass is 32.2. The van der Waals surface area contributed by atoms with Gasteiger partial charge in [0.1, 0.15) is 0 Å². The molecular formula is C16H19F3N2O2S. The highest BCUT2D eigenvalue weighted by Crippen LogP contribution is 2.31. The van der Waals surface area contributed by atoms with E-state index in [1.54, 1.807) is 43.8 Å². The first-order valence-corrected chi connectivity index (χ1v) is 8.77. The monoisotopic (exact) mass is 360 g/mol. The smallest absolute Gasteiger partial charge is 0.353 e. The third-order valence-electron chi connectivity index (χ3n) is 3.71. The average Bonchev–Trinajstić information content (AvgIpc) is 2.88. The molecule has 1 aromatic heterocycles. The molecule has 0 saturated carbocycles. The standard InChI is InChI=1S/C16H19F3N2O2S/c1-12(2)21(11-14-7-5-9-20(14)3)24(22,23)15-8-4-6-13(10-15)16(17,18)19/h4-10,12H,11H2,1-3H3. The zero-order chi connectivity index (χ0) is 18.1. The van der Waals surface area contributed by atoms with Gasteiger partial charge in [-0.05, 0) is 44.2 Å². The van der Waals surface area contributed by atoms with Crippen LogP contribution in [0, 0.1) is 0 Å². The first-order valence-electron chi connectivity index (χ1n) is 7.33. The molecule has 2 rings (SSSR count). The van der Waals surface area contributed by atoms with E-state index in [0.717, 1.165) is 17.8 Å². The van der Waals surface area contributed by atoms with E-state index < -0.39 is 27.8 Å². The Labute approximate surface area is 139 Å². The fourth-order valence-corrected chi connectivity index (χ4v) is 3.99. The van der Waals surface area contributed by atoms with Crippen LogP contribution < -0.4 is 0 Å². The number of nitrogens with zero attached hydrogens (tertiary/aromatic N) is 2. The summed E-state index contributed by atoms with van der Waals surface area (Å²) in [6.07, 6.45) is -2.81. The molecule has 1 aromatic carbocycles. The number of aromatic nitrogens is 1. The SMILES string of the molecule is CC(C)N(Cc1cccn1C)S(=O)(=O)c1cccc(C(F)(F)F)c1. The molecule has 1 heterocycles. The summed E-state index contributed by atoms with van der Waals surface area (Å²) in [5.74, 6) is 0. The van der Waals surface area contributed by atoms with Crippen molar-refractivity contribution in [3.63, 3.8) is 0 Å². The van der Waals surface area contributed by atoms with Crippen molar-refractivity contribution in [3.05, 3.63) is 53.9 Å². The van der Waals surface area contributed by atoms with Crippen LogP contribution in [0.15, 0.2) is 47.5 Å². The van der Waals surface area contributed by atoms with Gasteiger partial charge < -0.3 is 4.57 Å². The molecule has 0 aliphatic rings. The summed E-state index contributed by atoms with van der Waals surface area (Å²) in [7, 11) is -2.27. The molecule has 0 amide bonds. The third kappa shape index (κ3) is 3.81. The third-order valence-corrected chi connectivity index (χ3v) is 5.73. The molecule has 0 N–H and O–H groups in total. The zero-order valence-electron chi connectivity index (χ0n) is 13.6. The Morgan fingerprint density at radius 2 is 1.83 bits per heavy atom. The van der Waals surface area contributed by atoms with Crippen molar-refractivity contribution < 1.29 is 21.6 Å². The molecule has 0 atom stereocenters. The Bertz CT molecular complexity index is 811. The minimum absolute atomic E-state index is 0.0831. The van der Waals surface area contributed by atoms with Crippen molar-refractivity contribution >= 4 is 10.0 Å². The van der Waals surface area contributed by atoms with Crippen molar-refractivity contribution in [1.82, 2.24) is 8.87 Å². The van der Waals surface area contributed by atoms with Crippen molar-refractivity contribution in [3.8, 4) is 0 Å². The van der Waals surface area contributed by atoms with E-state index in [0.29, 0.717) is 6.07 Å². The van der Waals surface area contributed by atoms with Gasteiger partial charge in [0.25, 0.3) is 0 Å². The quantitative estimate of drug-likeness (QED) is 0.817. The van der Waals surface area contributed by atoms with Crippen molar-refractivity contribution in [1.29, 1.82) is 0 Å². The van der Waals surface area contributed by atoms with E-state index >= 15 is 0 Å². The summed E-state index contributed by atoms with van der Waals surface area (Å²) in [6, 6.07) is 6.98. The highest BCUT2D eigenvalue weighted by molar-refractivity contribution is 7.89. The zero-order valence-corrected chi connectivity index (χ0v) is 14.4. The lowest BCUT2D eigenvalue weighted by Gasteiger charge is -2.26. The van der Waals surface area contributed by atoms with Gasteiger partial charge in [-0.2, -0.15) is 17.5 Å². The van der Waals surface area contributed by atoms with Crippen LogP contribution in [0.1, 0.15) is 25.1 Å². The second kappa shape index (κ2) is 6.60. The van der Waals surface area contributed by atoms with Gasteiger partial charge >= 0.3 is 6.18 Å². The predicted octanol–water partition coefficient (Wildman–Crippen LogP) is 3.64. The molecule has 0 bridgehead atoms. The lowest BCUT2D eigenvalue weighted by Crippen LogP contribution is -2.37. The molecule has 0 spiro atoms. The number of hydrogen-bond donors (Lipinski definition) is 0. The van der Waals surface area contributed by atoms with Gasteiger partial charge in [0.15, 0.2) is 0 Å². The number of alkyl halides is 3. The van der Waals surface area contributed by atoms with E-state index in [1.165, 1.54) is 10.4 Å². The van der Waals surface area contributed by atoms with Crippen LogP contribution in [0.3, 0.4) is 0 Å². The Kier molecular flexibility index (Phi) is 5.10. The van der Waals surface area contributed by atoms with E-state index in [4.69, 9.17) is 0 Å². The first kappa shape index (κ1) is 18.5. The van der Waals surface area contributed by atoms with Crippen LogP contribution >= 0.6 is 0 Å². The maximum atomic E-state index is 12.9. The minimum Gasteiger partial charge on any atom is -0.353 e. The van der Waals surface area contributed by atoms with Crippen LogP contribution in [-0.4, -0.2) is 23.3 Å². The molecule has 4 nitrogen and oxygen atoms in total. The number of aryl methyl sites for hydroxylation is 1. The fourth-order valence-electron chi connectivity index (χ4n) is 2.33. The molecule has 0 saturated heterocycles. The molecular weight excluding hydrogens is 341 g/mol. The van der Waals surface area contributed by atoms with Crippen molar-refractivity contribution in [2.75, 3.05) is 0 Å². The maximum absolute atomic E-state index is 12.9. The summed E-state index contributed by atoms with van der Waals surface area (Å²) >= 11 is 0. The van der Waals surface area contributed by atoms with Gasteiger partial charge in [-0.25, -0.2) is 8.42 Å². The summed E-state index contributed by atoms with van der Waals surface area (Å²) in [5.41, 5.74) is -0.231. The van der Waals surface area contributed by atoms with Crippen LogP contribution in [0.2, 0.25) is 0 Å². The van der Waals surface area contributed by atoms with Crippen LogP contribution in [0.5, 0.6) is 0 Å². The number of rotatable bonds is 5. The average molecular weight is 360 g/mol. The van der Waals surface area contributed by atoms with E-state index in [9.17, 15) is 21.6 Å². The largest absolute Gasteiger partial charge is 0.416 e. The molecule has 8 heteroatoms. The van der Waals surface area contributed by atoms with Gasteiger partial charge in [-0.1, -0.05) is 6.07 Å². The van der Waals surface area contributed by atoms with E-state index in [2.05, 4.69) is 0 Å². The molecule has 0 aliphatic carbocycles. The first-order chi connectivity index (χ1) is 11.0. The number of halogens is 3. The van der Waals surface area contributed by atoms with Crippen LogP contribution in [0.25, 0.3) is 0 Å². The van der Waals surface area contributed by atoms with Gasteiger partial charge in [0.05, 0.1) is 17.0 Å². The Morgan fingerprint density at radius 1 is 1.17 bits per heavy atom. The Morgan fingerprint density at radius 3 is 2.33 bits per heavy atom. The molecule has 0 fully saturated rings. The molecule has 2 aromatic rings. The normalized spacial score (nSPS) is 13.0. The second-order valence-electron chi connectivity index (χ2n) is 5.78. The maximum Gasteiger partial charge on any atom is 0.416 e. The van der Waals surface area contributed by atoms with Gasteiger partial charge in [0, 0.05) is 25.0 Å². The molecule has 0 aliphatic heterocycles. The molecule has 0 unspecified atom stereocenters. The summed E-state index contributed by atoms with van der Waals surface area (Å²) < 4.78 is 67.2. The molecule has 132 valence electrons. The lowest BCUT2D eigenvalue weighted by atomic mass is 10.2. The topological polar surface area (TPSA) is 42.3 Å². The van der Waals surface area contributed by atoms with Gasteiger partial charge in [0.2, 0.25) is 10.0 Å². The van der Waals surface area contributed by atoms with E-state index in [1.807, 2.05) is 0 Å². The molecule has 24 heavy (non-hydrogen) atoms. The lowest BCUT2D eigenvalue weighted by molar-refractivity contribution is -0.137. The number of benzene rings is 1. The predicted molar refractivity (Wildman–Crippen MR) is 84.7 cm³/mol. The molecule has 0 radical (unpaired) electrons.